The van der Waals surface area contributed by atoms with Crippen molar-refractivity contribution in [2.75, 3.05) is 36.4 Å². The number of likely N-dealkylation sites (tertiary alicyclic amines) is 1. The van der Waals surface area contributed by atoms with Gasteiger partial charge in [-0.2, -0.15) is 0 Å². The Morgan fingerprint density at radius 2 is 1.86 bits per heavy atom. The summed E-state index contributed by atoms with van der Waals surface area (Å²) in [5, 5.41) is 3.14. The third kappa shape index (κ3) is 2.60. The summed E-state index contributed by atoms with van der Waals surface area (Å²) in [6, 6.07) is 4.04. The fourth-order valence-electron chi connectivity index (χ4n) is 2.94. The number of benzene rings is 1. The third-order valence-corrected chi connectivity index (χ3v) is 4.39. The molecule has 1 N–H and O–H groups in total. The maximum absolute atomic E-state index is 12.3. The van der Waals surface area contributed by atoms with Gasteiger partial charge in [0.1, 0.15) is 6.54 Å². The van der Waals surface area contributed by atoms with E-state index in [1.54, 1.807) is 4.90 Å². The molecule has 1 saturated heterocycles. The summed E-state index contributed by atoms with van der Waals surface area (Å²) in [6.45, 7) is 6.11. The molecule has 0 aromatic heterocycles. The summed E-state index contributed by atoms with van der Waals surface area (Å²) in [4.78, 5) is 28.0. The second-order valence-corrected chi connectivity index (χ2v) is 5.87. The summed E-state index contributed by atoms with van der Waals surface area (Å²) >= 11 is 0. The molecule has 0 bridgehead atoms. The first kappa shape index (κ1) is 13.9. The van der Waals surface area contributed by atoms with Gasteiger partial charge < -0.3 is 10.2 Å². The van der Waals surface area contributed by atoms with Crippen molar-refractivity contribution >= 4 is 23.2 Å². The van der Waals surface area contributed by atoms with Crippen LogP contribution in [0.1, 0.15) is 24.0 Å². The van der Waals surface area contributed by atoms with Gasteiger partial charge in [-0.25, -0.2) is 0 Å². The molecule has 0 radical (unpaired) electrons. The molecule has 21 heavy (non-hydrogen) atoms. The number of carbonyl (C=O) groups is 2. The molecular weight excluding hydrogens is 266 g/mol. The molecule has 1 aromatic carbocycles. The molecule has 2 aliphatic heterocycles. The third-order valence-electron chi connectivity index (χ3n) is 4.39. The number of hydrogen-bond acceptors (Lipinski definition) is 3. The molecule has 2 amide bonds. The van der Waals surface area contributed by atoms with Crippen molar-refractivity contribution in [1.82, 2.24) is 4.90 Å². The lowest BCUT2D eigenvalue weighted by Gasteiger charge is -2.31. The van der Waals surface area contributed by atoms with Crippen LogP contribution < -0.4 is 10.2 Å². The van der Waals surface area contributed by atoms with Gasteiger partial charge in [-0.3, -0.25) is 14.5 Å². The molecule has 0 unspecified atom stereocenters. The molecule has 1 fully saturated rings. The van der Waals surface area contributed by atoms with Crippen molar-refractivity contribution in [3.05, 3.63) is 23.3 Å². The molecule has 112 valence electrons. The summed E-state index contributed by atoms with van der Waals surface area (Å²) in [5.74, 6) is 0.00484. The summed E-state index contributed by atoms with van der Waals surface area (Å²) in [6.07, 6.45) is 2.13. The first-order valence-electron chi connectivity index (χ1n) is 7.49. The highest BCUT2D eigenvalue weighted by atomic mass is 16.2. The Morgan fingerprint density at radius 3 is 2.57 bits per heavy atom. The monoisotopic (exact) mass is 287 g/mol. The SMILES string of the molecule is Cc1cc2c(cc1C)N(CC(=O)N1CCCC1)C(=O)CN2. The summed E-state index contributed by atoms with van der Waals surface area (Å²) in [7, 11) is 0. The van der Waals surface area contributed by atoms with Gasteiger partial charge in [-0.05, 0) is 49.9 Å². The van der Waals surface area contributed by atoms with Gasteiger partial charge in [-0.15, -0.1) is 0 Å². The Bertz CT molecular complexity index is 591. The predicted octanol–water partition coefficient (Wildman–Crippen LogP) is 1.68. The maximum atomic E-state index is 12.3. The minimum absolute atomic E-state index is 0.0432. The number of nitrogens with zero attached hydrogens (tertiary/aromatic N) is 2. The Balaban J connectivity index is 1.86. The van der Waals surface area contributed by atoms with Crippen LogP contribution >= 0.6 is 0 Å². The average molecular weight is 287 g/mol. The average Bonchev–Trinajstić information content (AvgIpc) is 2.98. The van der Waals surface area contributed by atoms with Gasteiger partial charge in [0.2, 0.25) is 11.8 Å². The molecule has 2 aliphatic rings. The van der Waals surface area contributed by atoms with Gasteiger partial charge in [0.25, 0.3) is 0 Å². The zero-order valence-electron chi connectivity index (χ0n) is 12.6. The number of hydrogen-bond donors (Lipinski definition) is 1. The summed E-state index contributed by atoms with van der Waals surface area (Å²) < 4.78 is 0. The fourth-order valence-corrected chi connectivity index (χ4v) is 2.94. The number of amides is 2. The van der Waals surface area contributed by atoms with Crippen molar-refractivity contribution in [1.29, 1.82) is 0 Å². The van der Waals surface area contributed by atoms with E-state index in [1.807, 2.05) is 30.9 Å². The quantitative estimate of drug-likeness (QED) is 0.900. The van der Waals surface area contributed by atoms with Crippen molar-refractivity contribution in [3.63, 3.8) is 0 Å². The Hall–Kier alpha value is -2.04. The molecule has 0 saturated carbocycles. The first-order valence-corrected chi connectivity index (χ1v) is 7.49. The van der Waals surface area contributed by atoms with Crippen molar-refractivity contribution in [3.8, 4) is 0 Å². The van der Waals surface area contributed by atoms with E-state index in [2.05, 4.69) is 5.32 Å². The number of anilines is 2. The zero-order valence-corrected chi connectivity index (χ0v) is 12.6. The van der Waals surface area contributed by atoms with Gasteiger partial charge in [-0.1, -0.05) is 0 Å². The van der Waals surface area contributed by atoms with Crippen LogP contribution in [0.2, 0.25) is 0 Å². The maximum Gasteiger partial charge on any atom is 0.246 e. The molecular formula is C16H21N3O2. The van der Waals surface area contributed by atoms with Crippen LogP contribution in [0.25, 0.3) is 0 Å². The number of nitrogens with one attached hydrogen (secondary N) is 1. The summed E-state index contributed by atoms with van der Waals surface area (Å²) in [5.41, 5.74) is 4.07. The molecule has 2 heterocycles. The highest BCUT2D eigenvalue weighted by Gasteiger charge is 2.28. The molecule has 1 aromatic rings. The van der Waals surface area contributed by atoms with E-state index >= 15 is 0 Å². The van der Waals surface area contributed by atoms with Crippen LogP contribution in [-0.2, 0) is 9.59 Å². The Morgan fingerprint density at radius 1 is 1.19 bits per heavy atom. The molecule has 0 aliphatic carbocycles. The Labute approximate surface area is 124 Å². The number of aryl methyl sites for hydroxylation is 2. The van der Waals surface area contributed by atoms with Crippen LogP contribution in [-0.4, -0.2) is 42.9 Å². The van der Waals surface area contributed by atoms with E-state index in [-0.39, 0.29) is 24.9 Å². The topological polar surface area (TPSA) is 52.7 Å². The predicted molar refractivity (Wildman–Crippen MR) is 82.6 cm³/mol. The zero-order chi connectivity index (χ0) is 15.0. The van der Waals surface area contributed by atoms with Crippen LogP contribution in [0.5, 0.6) is 0 Å². The van der Waals surface area contributed by atoms with E-state index < -0.39 is 0 Å². The van der Waals surface area contributed by atoms with Crippen LogP contribution in [0.3, 0.4) is 0 Å². The molecule has 3 rings (SSSR count). The van der Waals surface area contributed by atoms with Crippen molar-refractivity contribution in [2.45, 2.75) is 26.7 Å². The fraction of sp³-hybridized carbons (Fsp3) is 0.500. The minimum atomic E-state index is -0.0432. The lowest BCUT2D eigenvalue weighted by Crippen LogP contribution is -2.46. The smallest absolute Gasteiger partial charge is 0.246 e. The highest BCUT2D eigenvalue weighted by Crippen LogP contribution is 2.32. The van der Waals surface area contributed by atoms with Crippen molar-refractivity contribution in [2.24, 2.45) is 0 Å². The largest absolute Gasteiger partial charge is 0.374 e. The number of rotatable bonds is 2. The van der Waals surface area contributed by atoms with Gasteiger partial charge in [0.05, 0.1) is 17.9 Å². The normalized spacial score (nSPS) is 17.7. The Kier molecular flexibility index (Phi) is 3.57. The van der Waals surface area contributed by atoms with Gasteiger partial charge in [0, 0.05) is 13.1 Å². The van der Waals surface area contributed by atoms with E-state index in [1.165, 1.54) is 5.56 Å². The molecule has 0 atom stereocenters. The van der Waals surface area contributed by atoms with Crippen LogP contribution in [0, 0.1) is 13.8 Å². The van der Waals surface area contributed by atoms with Crippen LogP contribution in [0.4, 0.5) is 11.4 Å². The number of fused-ring (bicyclic) bond motifs is 1. The highest BCUT2D eigenvalue weighted by molar-refractivity contribution is 6.06. The number of carbonyl (C=O) groups excluding carboxylic acids is 2. The van der Waals surface area contributed by atoms with Gasteiger partial charge >= 0.3 is 0 Å². The molecule has 5 heteroatoms. The van der Waals surface area contributed by atoms with E-state index in [9.17, 15) is 9.59 Å². The second kappa shape index (κ2) is 5.39. The van der Waals surface area contributed by atoms with Crippen LogP contribution in [0.15, 0.2) is 12.1 Å². The van der Waals surface area contributed by atoms with E-state index in [0.29, 0.717) is 0 Å². The van der Waals surface area contributed by atoms with Gasteiger partial charge in [0.15, 0.2) is 0 Å². The lowest BCUT2D eigenvalue weighted by molar-refractivity contribution is -0.130. The standard InChI is InChI=1S/C16H21N3O2/c1-11-7-13-14(8-12(11)2)19(15(20)9-17-13)10-16(21)18-5-3-4-6-18/h7-8,17H,3-6,9-10H2,1-2H3. The van der Waals surface area contributed by atoms with E-state index in [0.717, 1.165) is 42.9 Å². The lowest BCUT2D eigenvalue weighted by atomic mass is 10.1. The van der Waals surface area contributed by atoms with Crippen molar-refractivity contribution < 1.29 is 9.59 Å². The minimum Gasteiger partial charge on any atom is -0.374 e. The molecule has 5 nitrogen and oxygen atoms in total. The second-order valence-electron chi connectivity index (χ2n) is 5.87. The van der Waals surface area contributed by atoms with E-state index in [4.69, 9.17) is 0 Å². The molecule has 0 spiro atoms. The first-order chi connectivity index (χ1) is 10.1.